The first-order valence-corrected chi connectivity index (χ1v) is 6.97. The van der Waals surface area contributed by atoms with Crippen LogP contribution in [-0.4, -0.2) is 16.9 Å². The van der Waals surface area contributed by atoms with Crippen molar-refractivity contribution >= 4 is 23.4 Å². The molecule has 0 aliphatic carbocycles. The van der Waals surface area contributed by atoms with Gasteiger partial charge in [-0.05, 0) is 30.7 Å². The van der Waals surface area contributed by atoms with E-state index in [0.717, 1.165) is 11.1 Å². The Morgan fingerprint density at radius 1 is 1.09 bits per heavy atom. The molecule has 2 rings (SSSR count). The largest absolute Gasteiger partial charge is 0.507 e. The topological polar surface area (TPSA) is 78.4 Å². The summed E-state index contributed by atoms with van der Waals surface area (Å²) >= 11 is 5.77. The van der Waals surface area contributed by atoms with E-state index >= 15 is 0 Å². The van der Waals surface area contributed by atoms with Gasteiger partial charge in [-0.3, -0.25) is 20.4 Å². The summed E-state index contributed by atoms with van der Waals surface area (Å²) in [5, 5.41) is 9.91. The van der Waals surface area contributed by atoms with Crippen molar-refractivity contribution in [3.8, 4) is 5.75 Å². The van der Waals surface area contributed by atoms with Gasteiger partial charge in [0.15, 0.2) is 0 Å². The van der Waals surface area contributed by atoms with Crippen molar-refractivity contribution in [1.82, 2.24) is 10.9 Å². The number of hydrazine groups is 1. The van der Waals surface area contributed by atoms with E-state index in [-0.39, 0.29) is 23.6 Å². The van der Waals surface area contributed by atoms with E-state index < -0.39 is 5.91 Å². The van der Waals surface area contributed by atoms with Crippen LogP contribution in [0.2, 0.25) is 5.02 Å². The van der Waals surface area contributed by atoms with Gasteiger partial charge in [0.2, 0.25) is 5.91 Å². The molecule has 0 heterocycles. The molecule has 0 aromatic heterocycles. The van der Waals surface area contributed by atoms with Crippen molar-refractivity contribution in [2.45, 2.75) is 13.3 Å². The number of benzene rings is 2. The summed E-state index contributed by atoms with van der Waals surface area (Å²) in [6, 6.07) is 11.6. The Morgan fingerprint density at radius 3 is 2.45 bits per heavy atom. The molecule has 0 spiro atoms. The molecule has 0 fully saturated rings. The van der Waals surface area contributed by atoms with E-state index in [0.29, 0.717) is 5.02 Å². The quantitative estimate of drug-likeness (QED) is 0.760. The highest BCUT2D eigenvalue weighted by Gasteiger charge is 2.12. The second-order valence-corrected chi connectivity index (χ2v) is 5.26. The summed E-state index contributed by atoms with van der Waals surface area (Å²) in [4.78, 5) is 23.6. The highest BCUT2D eigenvalue weighted by Crippen LogP contribution is 2.20. The lowest BCUT2D eigenvalue weighted by Gasteiger charge is -2.09. The van der Waals surface area contributed by atoms with Crippen LogP contribution in [-0.2, 0) is 11.2 Å². The standard InChI is InChI=1S/C16H15ClN2O3/c1-10-2-4-11(5-3-10)8-15(21)18-19-16(22)13-9-12(17)6-7-14(13)20/h2-7,9,20H,8H2,1H3,(H,18,21)(H,19,22). The third kappa shape index (κ3) is 4.23. The number of hydrogen-bond donors (Lipinski definition) is 3. The Kier molecular flexibility index (Phi) is 5.01. The van der Waals surface area contributed by atoms with Crippen molar-refractivity contribution in [2.24, 2.45) is 0 Å². The maximum absolute atomic E-state index is 11.9. The molecular weight excluding hydrogens is 304 g/mol. The van der Waals surface area contributed by atoms with Crippen LogP contribution in [0.15, 0.2) is 42.5 Å². The third-order valence-electron chi connectivity index (χ3n) is 3.00. The van der Waals surface area contributed by atoms with Gasteiger partial charge in [0.1, 0.15) is 5.75 Å². The van der Waals surface area contributed by atoms with E-state index in [1.54, 1.807) is 0 Å². The van der Waals surface area contributed by atoms with Crippen molar-refractivity contribution < 1.29 is 14.7 Å². The molecule has 22 heavy (non-hydrogen) atoms. The van der Waals surface area contributed by atoms with Crippen LogP contribution in [0.4, 0.5) is 0 Å². The van der Waals surface area contributed by atoms with Crippen molar-refractivity contribution in [3.05, 3.63) is 64.2 Å². The second-order valence-electron chi connectivity index (χ2n) is 4.83. The minimum Gasteiger partial charge on any atom is -0.507 e. The molecule has 2 aromatic carbocycles. The number of aromatic hydroxyl groups is 1. The maximum Gasteiger partial charge on any atom is 0.273 e. The molecule has 0 atom stereocenters. The van der Waals surface area contributed by atoms with Crippen molar-refractivity contribution in [2.75, 3.05) is 0 Å². The van der Waals surface area contributed by atoms with Crippen LogP contribution in [0.1, 0.15) is 21.5 Å². The van der Waals surface area contributed by atoms with Gasteiger partial charge in [-0.2, -0.15) is 0 Å². The number of rotatable bonds is 3. The highest BCUT2D eigenvalue weighted by molar-refractivity contribution is 6.31. The van der Waals surface area contributed by atoms with Crippen LogP contribution in [0.3, 0.4) is 0 Å². The Hall–Kier alpha value is -2.53. The zero-order chi connectivity index (χ0) is 16.1. The van der Waals surface area contributed by atoms with E-state index in [1.807, 2.05) is 31.2 Å². The Morgan fingerprint density at radius 2 is 1.77 bits per heavy atom. The molecule has 6 heteroatoms. The smallest absolute Gasteiger partial charge is 0.273 e. The summed E-state index contributed by atoms with van der Waals surface area (Å²) in [6.07, 6.45) is 0.141. The summed E-state index contributed by atoms with van der Waals surface area (Å²) in [6.45, 7) is 1.96. The molecule has 0 aliphatic rings. The van der Waals surface area contributed by atoms with E-state index in [4.69, 9.17) is 11.6 Å². The van der Waals surface area contributed by atoms with Gasteiger partial charge >= 0.3 is 0 Å². The average Bonchev–Trinajstić information content (AvgIpc) is 2.49. The number of halogens is 1. The number of nitrogens with one attached hydrogen (secondary N) is 2. The number of hydrogen-bond acceptors (Lipinski definition) is 3. The fourth-order valence-electron chi connectivity index (χ4n) is 1.82. The maximum atomic E-state index is 11.9. The van der Waals surface area contributed by atoms with Crippen molar-refractivity contribution in [3.63, 3.8) is 0 Å². The summed E-state index contributed by atoms with van der Waals surface area (Å²) in [7, 11) is 0. The van der Waals surface area contributed by atoms with E-state index in [1.165, 1.54) is 18.2 Å². The molecule has 0 saturated carbocycles. The zero-order valence-corrected chi connectivity index (χ0v) is 12.6. The fraction of sp³-hybridized carbons (Fsp3) is 0.125. The molecule has 0 radical (unpaired) electrons. The number of carbonyl (C=O) groups is 2. The SMILES string of the molecule is Cc1ccc(CC(=O)NNC(=O)c2cc(Cl)ccc2O)cc1. The van der Waals surface area contributed by atoms with E-state index in [9.17, 15) is 14.7 Å². The lowest BCUT2D eigenvalue weighted by atomic mass is 10.1. The van der Waals surface area contributed by atoms with Gasteiger partial charge in [-0.15, -0.1) is 0 Å². The van der Waals surface area contributed by atoms with Gasteiger partial charge in [0.05, 0.1) is 12.0 Å². The Labute approximate surface area is 132 Å². The highest BCUT2D eigenvalue weighted by atomic mass is 35.5. The Bertz CT molecular complexity index is 699. The van der Waals surface area contributed by atoms with Crippen LogP contribution in [0.25, 0.3) is 0 Å². The predicted molar refractivity (Wildman–Crippen MR) is 83.6 cm³/mol. The molecule has 2 aromatic rings. The molecule has 5 nitrogen and oxygen atoms in total. The third-order valence-corrected chi connectivity index (χ3v) is 3.24. The van der Waals surface area contributed by atoms with Gasteiger partial charge in [0.25, 0.3) is 5.91 Å². The number of amides is 2. The van der Waals surface area contributed by atoms with Crippen LogP contribution in [0.5, 0.6) is 5.75 Å². The number of phenolic OH excluding ortho intramolecular Hbond substituents is 1. The minimum atomic E-state index is -0.641. The first kappa shape index (κ1) is 15.9. The molecular formula is C16H15ClN2O3. The molecule has 2 amide bonds. The van der Waals surface area contributed by atoms with Crippen LogP contribution < -0.4 is 10.9 Å². The van der Waals surface area contributed by atoms with E-state index in [2.05, 4.69) is 10.9 Å². The summed E-state index contributed by atoms with van der Waals surface area (Å²) < 4.78 is 0. The van der Waals surface area contributed by atoms with Crippen LogP contribution >= 0.6 is 11.6 Å². The molecule has 3 N–H and O–H groups in total. The van der Waals surface area contributed by atoms with Gasteiger partial charge in [-0.1, -0.05) is 41.4 Å². The zero-order valence-electron chi connectivity index (χ0n) is 11.9. The second kappa shape index (κ2) is 6.95. The molecule has 0 saturated heterocycles. The number of phenols is 1. The minimum absolute atomic E-state index is 0.0110. The van der Waals surface area contributed by atoms with Gasteiger partial charge in [-0.25, -0.2) is 0 Å². The monoisotopic (exact) mass is 318 g/mol. The average molecular weight is 319 g/mol. The molecule has 0 aliphatic heterocycles. The molecule has 0 bridgehead atoms. The normalized spacial score (nSPS) is 10.1. The van der Waals surface area contributed by atoms with Crippen LogP contribution in [0, 0.1) is 6.92 Å². The summed E-state index contributed by atoms with van der Waals surface area (Å²) in [5.74, 6) is -1.22. The predicted octanol–water partition coefficient (Wildman–Crippen LogP) is 2.36. The lowest BCUT2D eigenvalue weighted by Crippen LogP contribution is -2.42. The molecule has 114 valence electrons. The Balaban J connectivity index is 1.91. The first-order valence-electron chi connectivity index (χ1n) is 6.59. The number of carbonyl (C=O) groups excluding carboxylic acids is 2. The summed E-state index contributed by atoms with van der Waals surface area (Å²) in [5.41, 5.74) is 6.47. The lowest BCUT2D eigenvalue weighted by molar-refractivity contribution is -0.121. The van der Waals surface area contributed by atoms with Gasteiger partial charge in [0, 0.05) is 5.02 Å². The fourth-order valence-corrected chi connectivity index (χ4v) is 1.99. The van der Waals surface area contributed by atoms with Gasteiger partial charge < -0.3 is 5.11 Å². The number of aryl methyl sites for hydroxylation is 1. The first-order chi connectivity index (χ1) is 10.5. The van der Waals surface area contributed by atoms with Crippen molar-refractivity contribution in [1.29, 1.82) is 0 Å². The molecule has 0 unspecified atom stereocenters.